The van der Waals surface area contributed by atoms with E-state index in [1.54, 1.807) is 0 Å². The monoisotopic (exact) mass is 283 g/mol. The Kier molecular flexibility index (Phi) is 3.78. The third-order valence-electron chi connectivity index (χ3n) is 4.14. The SMILES string of the molecule is CCn1ccc(C(C)NC(=O)C2CC2c2ccccc2)n1. The highest BCUT2D eigenvalue weighted by Crippen LogP contribution is 2.47. The number of amides is 1. The van der Waals surface area contributed by atoms with Gasteiger partial charge in [0.05, 0.1) is 11.7 Å². The minimum absolute atomic E-state index is 0.0395. The lowest BCUT2D eigenvalue weighted by Gasteiger charge is -2.11. The smallest absolute Gasteiger partial charge is 0.224 e. The maximum absolute atomic E-state index is 12.3. The van der Waals surface area contributed by atoms with Gasteiger partial charge in [0, 0.05) is 18.7 Å². The third-order valence-corrected chi connectivity index (χ3v) is 4.14. The maximum Gasteiger partial charge on any atom is 0.224 e. The highest BCUT2D eigenvalue weighted by atomic mass is 16.2. The minimum Gasteiger partial charge on any atom is -0.348 e. The maximum atomic E-state index is 12.3. The van der Waals surface area contributed by atoms with Crippen LogP contribution in [-0.4, -0.2) is 15.7 Å². The van der Waals surface area contributed by atoms with Crippen molar-refractivity contribution in [3.63, 3.8) is 0 Å². The van der Waals surface area contributed by atoms with Crippen LogP contribution in [0.15, 0.2) is 42.6 Å². The average Bonchev–Trinajstić information content (AvgIpc) is 3.17. The molecule has 0 bridgehead atoms. The van der Waals surface area contributed by atoms with E-state index in [4.69, 9.17) is 0 Å². The van der Waals surface area contributed by atoms with E-state index in [0.29, 0.717) is 5.92 Å². The summed E-state index contributed by atoms with van der Waals surface area (Å²) in [6.45, 7) is 4.88. The first-order valence-corrected chi connectivity index (χ1v) is 7.57. The summed E-state index contributed by atoms with van der Waals surface area (Å²) in [4.78, 5) is 12.3. The van der Waals surface area contributed by atoms with Crippen molar-refractivity contribution in [3.05, 3.63) is 53.9 Å². The number of nitrogens with one attached hydrogen (secondary N) is 1. The van der Waals surface area contributed by atoms with E-state index in [1.165, 1.54) is 5.56 Å². The largest absolute Gasteiger partial charge is 0.348 e. The molecule has 21 heavy (non-hydrogen) atoms. The molecule has 1 aliphatic carbocycles. The fourth-order valence-electron chi connectivity index (χ4n) is 2.73. The number of benzene rings is 1. The number of rotatable bonds is 5. The van der Waals surface area contributed by atoms with Crippen LogP contribution in [0.1, 0.15) is 43.5 Å². The lowest BCUT2D eigenvalue weighted by molar-refractivity contribution is -0.123. The van der Waals surface area contributed by atoms with Gasteiger partial charge in [-0.3, -0.25) is 9.48 Å². The van der Waals surface area contributed by atoms with Crippen LogP contribution in [0.4, 0.5) is 0 Å². The van der Waals surface area contributed by atoms with Crippen molar-refractivity contribution >= 4 is 5.91 Å². The molecule has 0 saturated heterocycles. The van der Waals surface area contributed by atoms with Gasteiger partial charge in [0.25, 0.3) is 0 Å². The number of carbonyl (C=O) groups is 1. The minimum atomic E-state index is -0.0395. The summed E-state index contributed by atoms with van der Waals surface area (Å²) in [5.74, 6) is 0.636. The van der Waals surface area contributed by atoms with E-state index in [2.05, 4.69) is 29.5 Å². The number of hydrogen-bond donors (Lipinski definition) is 1. The second kappa shape index (κ2) is 5.72. The van der Waals surface area contributed by atoms with E-state index in [9.17, 15) is 4.79 Å². The summed E-state index contributed by atoms with van der Waals surface area (Å²) in [7, 11) is 0. The van der Waals surface area contributed by atoms with E-state index in [0.717, 1.165) is 18.7 Å². The van der Waals surface area contributed by atoms with Gasteiger partial charge >= 0.3 is 0 Å². The molecule has 1 heterocycles. The van der Waals surface area contributed by atoms with Gasteiger partial charge in [0.1, 0.15) is 0 Å². The van der Waals surface area contributed by atoms with Crippen LogP contribution in [-0.2, 0) is 11.3 Å². The van der Waals surface area contributed by atoms with Crippen molar-refractivity contribution in [1.82, 2.24) is 15.1 Å². The number of aromatic nitrogens is 2. The Morgan fingerprint density at radius 2 is 2.14 bits per heavy atom. The fraction of sp³-hybridized carbons (Fsp3) is 0.412. The topological polar surface area (TPSA) is 46.9 Å². The summed E-state index contributed by atoms with van der Waals surface area (Å²) in [6.07, 6.45) is 2.90. The van der Waals surface area contributed by atoms with Crippen LogP contribution in [0.2, 0.25) is 0 Å². The molecule has 0 aliphatic heterocycles. The molecule has 1 aliphatic rings. The highest BCUT2D eigenvalue weighted by molar-refractivity contribution is 5.83. The third kappa shape index (κ3) is 2.99. The van der Waals surface area contributed by atoms with Crippen LogP contribution in [0, 0.1) is 5.92 Å². The molecule has 4 nitrogen and oxygen atoms in total. The average molecular weight is 283 g/mol. The molecule has 4 heteroatoms. The zero-order chi connectivity index (χ0) is 14.8. The molecule has 0 spiro atoms. The Hall–Kier alpha value is -2.10. The second-order valence-electron chi connectivity index (χ2n) is 5.69. The molecule has 110 valence electrons. The summed E-state index contributed by atoms with van der Waals surface area (Å²) in [5, 5.41) is 7.52. The van der Waals surface area contributed by atoms with Crippen LogP contribution in [0.5, 0.6) is 0 Å². The van der Waals surface area contributed by atoms with Crippen molar-refractivity contribution in [3.8, 4) is 0 Å². The van der Waals surface area contributed by atoms with Crippen molar-refractivity contribution < 1.29 is 4.79 Å². The number of nitrogens with zero attached hydrogens (tertiary/aromatic N) is 2. The van der Waals surface area contributed by atoms with Crippen molar-refractivity contribution in [2.75, 3.05) is 0 Å². The number of hydrogen-bond acceptors (Lipinski definition) is 2. The summed E-state index contributed by atoms with van der Waals surface area (Å²) in [5.41, 5.74) is 2.18. The van der Waals surface area contributed by atoms with Crippen LogP contribution in [0.25, 0.3) is 0 Å². The van der Waals surface area contributed by atoms with Gasteiger partial charge in [-0.2, -0.15) is 5.10 Å². The van der Waals surface area contributed by atoms with Gasteiger partial charge in [-0.1, -0.05) is 30.3 Å². The standard InChI is InChI=1S/C17H21N3O/c1-3-20-10-9-16(19-20)12(2)18-17(21)15-11-14(15)13-7-5-4-6-8-13/h4-10,12,14-15H,3,11H2,1-2H3,(H,18,21). The molecule has 1 saturated carbocycles. The molecule has 3 rings (SSSR count). The molecule has 1 fully saturated rings. The Morgan fingerprint density at radius 1 is 1.38 bits per heavy atom. The first-order chi connectivity index (χ1) is 10.2. The molecule has 0 radical (unpaired) electrons. The normalized spacial score (nSPS) is 21.8. The van der Waals surface area contributed by atoms with Crippen LogP contribution >= 0.6 is 0 Å². The van der Waals surface area contributed by atoms with E-state index >= 15 is 0 Å². The lowest BCUT2D eigenvalue weighted by atomic mass is 10.1. The van der Waals surface area contributed by atoms with Gasteiger partial charge < -0.3 is 5.32 Å². The molecule has 1 aromatic heterocycles. The molecule has 3 unspecified atom stereocenters. The molecule has 3 atom stereocenters. The fourth-order valence-corrected chi connectivity index (χ4v) is 2.73. The molecule has 1 amide bonds. The van der Waals surface area contributed by atoms with Gasteiger partial charge in [-0.25, -0.2) is 0 Å². The van der Waals surface area contributed by atoms with Gasteiger partial charge in [0.15, 0.2) is 0 Å². The summed E-state index contributed by atoms with van der Waals surface area (Å²) >= 11 is 0. The highest BCUT2D eigenvalue weighted by Gasteiger charge is 2.44. The van der Waals surface area contributed by atoms with Gasteiger partial charge in [-0.05, 0) is 37.8 Å². The molecule has 1 aromatic carbocycles. The van der Waals surface area contributed by atoms with Crippen molar-refractivity contribution in [2.24, 2.45) is 5.92 Å². The van der Waals surface area contributed by atoms with E-state index < -0.39 is 0 Å². The van der Waals surface area contributed by atoms with Crippen molar-refractivity contribution in [1.29, 1.82) is 0 Å². The van der Waals surface area contributed by atoms with Crippen LogP contribution < -0.4 is 5.32 Å². The Bertz CT molecular complexity index is 620. The summed E-state index contributed by atoms with van der Waals surface area (Å²) in [6, 6.07) is 12.2. The zero-order valence-electron chi connectivity index (χ0n) is 12.5. The predicted molar refractivity (Wildman–Crippen MR) is 81.7 cm³/mol. The Balaban J connectivity index is 1.58. The Labute approximate surface area is 125 Å². The predicted octanol–water partition coefficient (Wildman–Crippen LogP) is 2.88. The molecule has 1 N–H and O–H groups in total. The molecular formula is C17H21N3O. The summed E-state index contributed by atoms with van der Waals surface area (Å²) < 4.78 is 1.88. The second-order valence-corrected chi connectivity index (χ2v) is 5.69. The molecule has 2 aromatic rings. The first kappa shape index (κ1) is 13.9. The molecular weight excluding hydrogens is 262 g/mol. The van der Waals surface area contributed by atoms with Gasteiger partial charge in [0.2, 0.25) is 5.91 Å². The van der Waals surface area contributed by atoms with E-state index in [-0.39, 0.29) is 17.9 Å². The quantitative estimate of drug-likeness (QED) is 0.917. The Morgan fingerprint density at radius 3 is 2.81 bits per heavy atom. The van der Waals surface area contributed by atoms with E-state index in [1.807, 2.05) is 42.1 Å². The number of aryl methyl sites for hydroxylation is 1. The number of carbonyl (C=O) groups excluding carboxylic acids is 1. The van der Waals surface area contributed by atoms with Gasteiger partial charge in [-0.15, -0.1) is 0 Å². The lowest BCUT2D eigenvalue weighted by Crippen LogP contribution is -2.28. The zero-order valence-corrected chi connectivity index (χ0v) is 12.5. The van der Waals surface area contributed by atoms with Crippen LogP contribution in [0.3, 0.4) is 0 Å². The van der Waals surface area contributed by atoms with Crippen molar-refractivity contribution in [2.45, 2.75) is 38.8 Å². The first-order valence-electron chi connectivity index (χ1n) is 7.57.